The van der Waals surface area contributed by atoms with Gasteiger partial charge in [-0.25, -0.2) is 0 Å². The van der Waals surface area contributed by atoms with Crippen molar-refractivity contribution in [1.29, 1.82) is 0 Å². The number of hydrogen-bond donors (Lipinski definition) is 0. The second kappa shape index (κ2) is 13.0. The van der Waals surface area contributed by atoms with Crippen LogP contribution in [0.2, 0.25) is 0 Å². The molecule has 124 valence electrons. The van der Waals surface area contributed by atoms with Gasteiger partial charge in [0.25, 0.3) is 0 Å². The molecule has 0 aromatic heterocycles. The Balaban J connectivity index is 3.38. The average Bonchev–Trinajstić information content (AvgIpc) is 2.37. The first-order chi connectivity index (χ1) is 9.91. The molecule has 0 heterocycles. The largest absolute Gasteiger partial charge is 0.466 e. The summed E-state index contributed by atoms with van der Waals surface area (Å²) in [6.45, 7) is 9.41. The van der Waals surface area contributed by atoms with Gasteiger partial charge in [-0.05, 0) is 24.7 Å². The van der Waals surface area contributed by atoms with Gasteiger partial charge in [0, 0.05) is 11.5 Å². The summed E-state index contributed by atoms with van der Waals surface area (Å²) >= 11 is 1.59. The third-order valence-electron chi connectivity index (χ3n) is 2.82. The monoisotopic (exact) mass is 318 g/mol. The topological polar surface area (TPSA) is 52.6 Å². The Morgan fingerprint density at radius 3 is 1.52 bits per heavy atom. The number of esters is 2. The second-order valence-electron chi connectivity index (χ2n) is 5.92. The zero-order chi connectivity index (χ0) is 16.1. The van der Waals surface area contributed by atoms with Crippen molar-refractivity contribution in [3.8, 4) is 0 Å². The van der Waals surface area contributed by atoms with E-state index in [9.17, 15) is 9.59 Å². The summed E-state index contributed by atoms with van der Waals surface area (Å²) in [5.74, 6) is 2.19. The summed E-state index contributed by atoms with van der Waals surface area (Å²) in [7, 11) is 0. The minimum atomic E-state index is -0.150. The molecule has 0 aromatic rings. The molecule has 4 nitrogen and oxygen atoms in total. The summed E-state index contributed by atoms with van der Waals surface area (Å²) in [6, 6.07) is 0. The molecule has 0 aliphatic carbocycles. The molecule has 0 saturated heterocycles. The predicted molar refractivity (Wildman–Crippen MR) is 87.4 cm³/mol. The van der Waals surface area contributed by atoms with E-state index in [0.29, 0.717) is 49.4 Å². The van der Waals surface area contributed by atoms with Gasteiger partial charge in [0.1, 0.15) is 0 Å². The maximum absolute atomic E-state index is 11.4. The van der Waals surface area contributed by atoms with Crippen LogP contribution in [0.25, 0.3) is 0 Å². The van der Waals surface area contributed by atoms with Crippen molar-refractivity contribution in [2.24, 2.45) is 11.8 Å². The van der Waals surface area contributed by atoms with Crippen LogP contribution in [0.5, 0.6) is 0 Å². The van der Waals surface area contributed by atoms with E-state index in [4.69, 9.17) is 9.47 Å². The van der Waals surface area contributed by atoms with Crippen molar-refractivity contribution in [3.63, 3.8) is 0 Å². The van der Waals surface area contributed by atoms with Gasteiger partial charge in [-0.2, -0.15) is 11.8 Å². The first-order valence-corrected chi connectivity index (χ1v) is 8.96. The van der Waals surface area contributed by atoms with Gasteiger partial charge in [-0.1, -0.05) is 27.7 Å². The summed E-state index contributed by atoms with van der Waals surface area (Å²) in [6.07, 6.45) is 2.62. The lowest BCUT2D eigenvalue weighted by atomic mass is 10.1. The van der Waals surface area contributed by atoms with E-state index in [0.717, 1.165) is 12.8 Å². The second-order valence-corrected chi connectivity index (χ2v) is 7.14. The molecular formula is C16H30O4S. The number of hydrogen-bond acceptors (Lipinski definition) is 5. The van der Waals surface area contributed by atoms with Gasteiger partial charge < -0.3 is 9.47 Å². The molecule has 0 aliphatic rings. The van der Waals surface area contributed by atoms with Gasteiger partial charge in [-0.3, -0.25) is 9.59 Å². The highest BCUT2D eigenvalue weighted by Gasteiger charge is 2.06. The zero-order valence-corrected chi connectivity index (χ0v) is 14.7. The van der Waals surface area contributed by atoms with E-state index in [1.165, 1.54) is 0 Å². The Hall–Kier alpha value is -0.710. The van der Waals surface area contributed by atoms with Gasteiger partial charge in [0.05, 0.1) is 26.1 Å². The van der Waals surface area contributed by atoms with Crippen molar-refractivity contribution in [2.75, 3.05) is 24.7 Å². The van der Waals surface area contributed by atoms with E-state index < -0.39 is 0 Å². The van der Waals surface area contributed by atoms with Gasteiger partial charge >= 0.3 is 11.9 Å². The lowest BCUT2D eigenvalue weighted by Gasteiger charge is -2.07. The molecular weight excluding hydrogens is 288 g/mol. The highest BCUT2D eigenvalue weighted by Crippen LogP contribution is 2.08. The van der Waals surface area contributed by atoms with Crippen LogP contribution in [0, 0.1) is 11.8 Å². The summed E-state index contributed by atoms with van der Waals surface area (Å²) in [5.41, 5.74) is 0. The lowest BCUT2D eigenvalue weighted by Crippen LogP contribution is -2.10. The molecule has 0 amide bonds. The van der Waals surface area contributed by atoms with Gasteiger partial charge in [0.2, 0.25) is 0 Å². The van der Waals surface area contributed by atoms with Crippen molar-refractivity contribution < 1.29 is 19.1 Å². The molecule has 0 unspecified atom stereocenters. The minimum Gasteiger partial charge on any atom is -0.466 e. The van der Waals surface area contributed by atoms with Gasteiger partial charge in [0.15, 0.2) is 0 Å². The Morgan fingerprint density at radius 2 is 1.19 bits per heavy atom. The Kier molecular flexibility index (Phi) is 12.5. The Morgan fingerprint density at radius 1 is 0.810 bits per heavy atom. The molecule has 0 spiro atoms. The zero-order valence-electron chi connectivity index (χ0n) is 13.9. The maximum Gasteiger partial charge on any atom is 0.306 e. The summed E-state index contributed by atoms with van der Waals surface area (Å²) in [5, 5.41) is 0. The molecule has 0 fully saturated rings. The van der Waals surface area contributed by atoms with E-state index >= 15 is 0 Å². The van der Waals surface area contributed by atoms with Crippen LogP contribution in [-0.4, -0.2) is 36.7 Å². The van der Waals surface area contributed by atoms with E-state index in [2.05, 4.69) is 27.7 Å². The normalized spacial score (nSPS) is 11.0. The van der Waals surface area contributed by atoms with Crippen LogP contribution in [0.4, 0.5) is 0 Å². The van der Waals surface area contributed by atoms with Crippen molar-refractivity contribution >= 4 is 23.7 Å². The van der Waals surface area contributed by atoms with E-state index in [1.54, 1.807) is 11.8 Å². The highest BCUT2D eigenvalue weighted by molar-refractivity contribution is 7.99. The quantitative estimate of drug-likeness (QED) is 0.406. The average molecular weight is 318 g/mol. The number of thioether (sulfide) groups is 1. The molecule has 0 radical (unpaired) electrons. The van der Waals surface area contributed by atoms with Crippen LogP contribution in [0.3, 0.4) is 0 Å². The lowest BCUT2D eigenvalue weighted by molar-refractivity contribution is -0.144. The first kappa shape index (κ1) is 20.3. The smallest absolute Gasteiger partial charge is 0.306 e. The maximum atomic E-state index is 11.4. The fourth-order valence-corrected chi connectivity index (χ4v) is 2.20. The van der Waals surface area contributed by atoms with Crippen LogP contribution in [0.15, 0.2) is 0 Å². The predicted octanol–water partition coefficient (Wildman–Crippen LogP) is 3.68. The molecule has 5 heteroatoms. The number of carbonyl (C=O) groups is 2. The standard InChI is InChI=1S/C16H30O4S/c1-13(2)5-9-19-15(17)7-11-21-12-8-16(18)20-10-6-14(3)4/h13-14H,5-12H2,1-4H3. The molecule has 0 bridgehead atoms. The van der Waals surface area contributed by atoms with E-state index in [1.807, 2.05) is 0 Å². The minimum absolute atomic E-state index is 0.150. The fraction of sp³-hybridized carbons (Fsp3) is 0.875. The molecule has 0 rings (SSSR count). The number of ether oxygens (including phenoxy) is 2. The highest BCUT2D eigenvalue weighted by atomic mass is 32.2. The van der Waals surface area contributed by atoms with Crippen molar-refractivity contribution in [3.05, 3.63) is 0 Å². The third kappa shape index (κ3) is 15.5. The summed E-state index contributed by atoms with van der Waals surface area (Å²) < 4.78 is 10.2. The molecule has 0 aromatic carbocycles. The number of rotatable bonds is 12. The SMILES string of the molecule is CC(C)CCOC(=O)CCSCCC(=O)OCCC(C)C. The Bertz CT molecular complexity index is 262. The molecule has 0 saturated carbocycles. The fourth-order valence-electron chi connectivity index (χ4n) is 1.37. The first-order valence-electron chi connectivity index (χ1n) is 7.80. The van der Waals surface area contributed by atoms with Crippen LogP contribution in [-0.2, 0) is 19.1 Å². The van der Waals surface area contributed by atoms with Crippen LogP contribution in [0.1, 0.15) is 53.4 Å². The van der Waals surface area contributed by atoms with E-state index in [-0.39, 0.29) is 11.9 Å². The Labute approximate surface area is 133 Å². The molecule has 0 atom stereocenters. The molecule has 0 N–H and O–H groups in total. The summed E-state index contributed by atoms with van der Waals surface area (Å²) in [4.78, 5) is 22.8. The van der Waals surface area contributed by atoms with Crippen LogP contribution >= 0.6 is 11.8 Å². The van der Waals surface area contributed by atoms with Crippen LogP contribution < -0.4 is 0 Å². The van der Waals surface area contributed by atoms with Crippen molar-refractivity contribution in [1.82, 2.24) is 0 Å². The molecule has 0 aliphatic heterocycles. The van der Waals surface area contributed by atoms with Crippen molar-refractivity contribution in [2.45, 2.75) is 53.4 Å². The number of carbonyl (C=O) groups excluding carboxylic acids is 2. The molecule has 21 heavy (non-hydrogen) atoms. The van der Waals surface area contributed by atoms with Gasteiger partial charge in [-0.15, -0.1) is 0 Å². The third-order valence-corrected chi connectivity index (χ3v) is 3.80.